The molecule has 122 valence electrons. The minimum atomic E-state index is -0.716. The molecule has 2 unspecified atom stereocenters. The zero-order chi connectivity index (χ0) is 16.3. The number of cyclic esters (lactones) is 1. The molecular weight excluding hydrogens is 268 g/mol. The third kappa shape index (κ3) is 3.98. The van der Waals surface area contributed by atoms with E-state index in [0.29, 0.717) is 19.4 Å². The highest BCUT2D eigenvalue weighted by Crippen LogP contribution is 2.45. The lowest BCUT2D eigenvalue weighted by molar-refractivity contribution is -0.173. The molecule has 0 amide bonds. The SMILES string of the molecule is CCC(C)(C)CC(CC)(C(=O)OC1CCOC1=O)C(C)C. The average molecular weight is 298 g/mol. The van der Waals surface area contributed by atoms with Gasteiger partial charge in [0.25, 0.3) is 0 Å². The van der Waals surface area contributed by atoms with Crippen LogP contribution >= 0.6 is 0 Å². The Balaban J connectivity index is 2.95. The second kappa shape index (κ2) is 6.80. The fourth-order valence-corrected chi connectivity index (χ4v) is 3.00. The first-order valence-corrected chi connectivity index (χ1v) is 8.06. The van der Waals surface area contributed by atoms with Crippen molar-refractivity contribution in [3.05, 3.63) is 0 Å². The standard InChI is InChI=1S/C17H30O4/c1-7-16(5,6)11-17(8-2,12(3)4)15(19)21-13-9-10-20-14(13)18/h12-13H,7-11H2,1-6H3. The summed E-state index contributed by atoms with van der Waals surface area (Å²) in [5.41, 5.74) is -0.474. The Bertz CT molecular complexity index is 386. The second-order valence-corrected chi connectivity index (χ2v) is 7.21. The summed E-state index contributed by atoms with van der Waals surface area (Å²) in [6.07, 6.45) is 2.24. The molecule has 0 aromatic rings. The molecule has 1 aliphatic heterocycles. The van der Waals surface area contributed by atoms with E-state index in [-0.39, 0.29) is 17.3 Å². The van der Waals surface area contributed by atoms with Crippen LogP contribution in [0.4, 0.5) is 0 Å². The van der Waals surface area contributed by atoms with Crippen LogP contribution in [0.15, 0.2) is 0 Å². The summed E-state index contributed by atoms with van der Waals surface area (Å²) < 4.78 is 10.4. The predicted octanol–water partition coefficient (Wildman–Crippen LogP) is 3.72. The van der Waals surface area contributed by atoms with Gasteiger partial charge < -0.3 is 9.47 Å². The summed E-state index contributed by atoms with van der Waals surface area (Å²) in [5.74, 6) is -0.490. The van der Waals surface area contributed by atoms with Gasteiger partial charge in [0.1, 0.15) is 0 Å². The molecule has 1 rings (SSSR count). The lowest BCUT2D eigenvalue weighted by Crippen LogP contribution is -2.43. The number of hydrogen-bond donors (Lipinski definition) is 0. The topological polar surface area (TPSA) is 52.6 Å². The average Bonchev–Trinajstić information content (AvgIpc) is 2.81. The van der Waals surface area contributed by atoms with E-state index in [0.717, 1.165) is 12.8 Å². The fourth-order valence-electron chi connectivity index (χ4n) is 3.00. The van der Waals surface area contributed by atoms with E-state index < -0.39 is 17.5 Å². The smallest absolute Gasteiger partial charge is 0.347 e. The normalized spacial score (nSPS) is 22.0. The van der Waals surface area contributed by atoms with E-state index in [9.17, 15) is 9.59 Å². The molecule has 4 heteroatoms. The van der Waals surface area contributed by atoms with Gasteiger partial charge in [-0.2, -0.15) is 0 Å². The van der Waals surface area contributed by atoms with E-state index in [1.165, 1.54) is 0 Å². The van der Waals surface area contributed by atoms with Gasteiger partial charge in [0.15, 0.2) is 0 Å². The van der Waals surface area contributed by atoms with Gasteiger partial charge in [0.2, 0.25) is 6.10 Å². The molecule has 1 heterocycles. The summed E-state index contributed by atoms with van der Waals surface area (Å²) in [6, 6.07) is 0. The number of rotatable bonds is 7. The third-order valence-electron chi connectivity index (χ3n) is 5.03. The molecule has 0 radical (unpaired) electrons. The van der Waals surface area contributed by atoms with Gasteiger partial charge in [0.05, 0.1) is 12.0 Å². The Labute approximate surface area is 128 Å². The lowest BCUT2D eigenvalue weighted by atomic mass is 9.64. The van der Waals surface area contributed by atoms with Gasteiger partial charge in [-0.15, -0.1) is 0 Å². The predicted molar refractivity (Wildman–Crippen MR) is 81.7 cm³/mol. The van der Waals surface area contributed by atoms with Crippen LogP contribution in [0, 0.1) is 16.7 Å². The summed E-state index contributed by atoms with van der Waals surface area (Å²) in [4.78, 5) is 24.3. The maximum atomic E-state index is 12.8. The molecular formula is C17H30O4. The highest BCUT2D eigenvalue weighted by Gasteiger charge is 2.46. The number of esters is 2. The molecule has 0 saturated carbocycles. The van der Waals surface area contributed by atoms with Crippen LogP contribution in [0.5, 0.6) is 0 Å². The first-order chi connectivity index (χ1) is 9.68. The Kier molecular flexibility index (Phi) is 5.83. The Morgan fingerprint density at radius 2 is 1.95 bits per heavy atom. The van der Waals surface area contributed by atoms with Crippen LogP contribution in [0.25, 0.3) is 0 Å². The van der Waals surface area contributed by atoms with Crippen molar-refractivity contribution in [3.8, 4) is 0 Å². The quantitative estimate of drug-likeness (QED) is 0.672. The molecule has 0 aromatic heterocycles. The molecule has 1 aliphatic rings. The van der Waals surface area contributed by atoms with Crippen LogP contribution in [-0.4, -0.2) is 24.6 Å². The van der Waals surface area contributed by atoms with Crippen LogP contribution in [-0.2, 0) is 19.1 Å². The second-order valence-electron chi connectivity index (χ2n) is 7.21. The lowest BCUT2D eigenvalue weighted by Gasteiger charge is -2.40. The number of ether oxygens (including phenoxy) is 2. The number of hydrogen-bond acceptors (Lipinski definition) is 4. The summed E-state index contributed by atoms with van der Waals surface area (Å²) >= 11 is 0. The van der Waals surface area contributed by atoms with Crippen molar-refractivity contribution in [1.29, 1.82) is 0 Å². The minimum Gasteiger partial charge on any atom is -0.463 e. The molecule has 0 spiro atoms. The zero-order valence-electron chi connectivity index (χ0n) is 14.3. The van der Waals surface area contributed by atoms with Gasteiger partial charge in [-0.05, 0) is 24.2 Å². The van der Waals surface area contributed by atoms with Crippen LogP contribution < -0.4 is 0 Å². The molecule has 4 nitrogen and oxygen atoms in total. The molecule has 1 fully saturated rings. The van der Waals surface area contributed by atoms with Crippen molar-refractivity contribution < 1.29 is 19.1 Å². The van der Waals surface area contributed by atoms with Gasteiger partial charge in [-0.25, -0.2) is 4.79 Å². The van der Waals surface area contributed by atoms with E-state index in [4.69, 9.17) is 9.47 Å². The van der Waals surface area contributed by atoms with Gasteiger partial charge in [0, 0.05) is 6.42 Å². The molecule has 0 bridgehead atoms. The van der Waals surface area contributed by atoms with E-state index in [1.54, 1.807) is 0 Å². The molecule has 0 aromatic carbocycles. The van der Waals surface area contributed by atoms with Gasteiger partial charge in [-0.3, -0.25) is 4.79 Å². The van der Waals surface area contributed by atoms with Crippen molar-refractivity contribution in [2.24, 2.45) is 16.7 Å². The van der Waals surface area contributed by atoms with Gasteiger partial charge >= 0.3 is 11.9 Å². The third-order valence-corrected chi connectivity index (χ3v) is 5.03. The largest absolute Gasteiger partial charge is 0.463 e. The zero-order valence-corrected chi connectivity index (χ0v) is 14.3. The van der Waals surface area contributed by atoms with Crippen molar-refractivity contribution >= 4 is 11.9 Å². The number of carbonyl (C=O) groups is 2. The Morgan fingerprint density at radius 1 is 1.33 bits per heavy atom. The molecule has 21 heavy (non-hydrogen) atoms. The highest BCUT2D eigenvalue weighted by atomic mass is 16.6. The minimum absolute atomic E-state index is 0.0650. The first-order valence-electron chi connectivity index (χ1n) is 8.06. The highest BCUT2D eigenvalue weighted by molar-refractivity contribution is 5.83. The molecule has 0 aliphatic carbocycles. The van der Waals surface area contributed by atoms with Crippen molar-refractivity contribution in [2.75, 3.05) is 6.61 Å². The fraction of sp³-hybridized carbons (Fsp3) is 0.882. The van der Waals surface area contributed by atoms with E-state index in [2.05, 4.69) is 34.6 Å². The van der Waals surface area contributed by atoms with Crippen molar-refractivity contribution in [1.82, 2.24) is 0 Å². The summed E-state index contributed by atoms with van der Waals surface area (Å²) in [5, 5.41) is 0. The molecule has 2 atom stereocenters. The summed E-state index contributed by atoms with van der Waals surface area (Å²) in [7, 11) is 0. The molecule has 1 saturated heterocycles. The van der Waals surface area contributed by atoms with Crippen LogP contribution in [0.3, 0.4) is 0 Å². The maximum Gasteiger partial charge on any atom is 0.347 e. The van der Waals surface area contributed by atoms with Crippen LogP contribution in [0.2, 0.25) is 0 Å². The van der Waals surface area contributed by atoms with E-state index >= 15 is 0 Å². The van der Waals surface area contributed by atoms with E-state index in [1.807, 2.05) is 6.92 Å². The van der Waals surface area contributed by atoms with Gasteiger partial charge in [-0.1, -0.05) is 48.0 Å². The van der Waals surface area contributed by atoms with Crippen molar-refractivity contribution in [2.45, 2.75) is 73.3 Å². The molecule has 0 N–H and O–H groups in total. The first kappa shape index (κ1) is 18.0. The maximum absolute atomic E-state index is 12.8. The monoisotopic (exact) mass is 298 g/mol. The number of carbonyl (C=O) groups excluding carboxylic acids is 2. The van der Waals surface area contributed by atoms with Crippen molar-refractivity contribution in [3.63, 3.8) is 0 Å². The summed E-state index contributed by atoms with van der Waals surface area (Å²) in [6.45, 7) is 13.0. The Morgan fingerprint density at radius 3 is 2.33 bits per heavy atom. The Hall–Kier alpha value is -1.06. The van der Waals surface area contributed by atoms with Crippen LogP contribution in [0.1, 0.15) is 67.2 Å².